The molecule has 1 aliphatic rings. The maximum Gasteiger partial charge on any atom is 0.247 e. The van der Waals surface area contributed by atoms with Crippen molar-refractivity contribution in [2.45, 2.75) is 0 Å². The molecule has 3 aromatic rings. The fraction of sp³-hybridized carbons (Fsp3) is 0.269. The summed E-state index contributed by atoms with van der Waals surface area (Å²) in [5.41, 5.74) is 2.55. The lowest BCUT2D eigenvalue weighted by Gasteiger charge is -2.31. The predicted octanol–water partition coefficient (Wildman–Crippen LogP) is 4.83. The molecule has 4 rings (SSSR count). The van der Waals surface area contributed by atoms with E-state index in [0.717, 1.165) is 5.69 Å². The molecule has 200 valence electrons. The van der Waals surface area contributed by atoms with Crippen LogP contribution in [0.15, 0.2) is 55.3 Å². The zero-order valence-electron chi connectivity index (χ0n) is 21.5. The highest BCUT2D eigenvalue weighted by Gasteiger charge is 2.21. The molecule has 0 atom stereocenters. The minimum absolute atomic E-state index is 0.240. The monoisotopic (exact) mass is 556 g/mol. The first-order chi connectivity index (χ1) is 18.2. The van der Waals surface area contributed by atoms with Gasteiger partial charge in [-0.1, -0.05) is 30.3 Å². The Hall–Kier alpha value is -3.59. The second-order valence-corrected chi connectivity index (χ2v) is 12.5. The highest BCUT2D eigenvalue weighted by molar-refractivity contribution is 7.70. The molecule has 2 aromatic carbocycles. The van der Waals surface area contributed by atoms with Crippen LogP contribution in [0.2, 0.25) is 5.02 Å². The average molecular weight is 557 g/mol. The van der Waals surface area contributed by atoms with E-state index >= 15 is 0 Å². The normalized spacial score (nSPS) is 13.5. The Kier molecular flexibility index (Phi) is 8.56. The van der Waals surface area contributed by atoms with Gasteiger partial charge in [0, 0.05) is 24.5 Å². The van der Waals surface area contributed by atoms with E-state index in [4.69, 9.17) is 21.1 Å². The molecule has 10 nitrogen and oxygen atoms in total. The van der Waals surface area contributed by atoms with E-state index in [9.17, 15) is 9.36 Å². The number of hydrogen-bond acceptors (Lipinski definition) is 9. The number of nitrogens with one attached hydrogen (secondary N) is 3. The molecule has 0 radical (unpaired) electrons. The largest absolute Gasteiger partial charge is 0.494 e. The molecule has 0 bridgehead atoms. The van der Waals surface area contributed by atoms with Gasteiger partial charge >= 0.3 is 0 Å². The third-order valence-electron chi connectivity index (χ3n) is 5.84. The summed E-state index contributed by atoms with van der Waals surface area (Å²) in [6.07, 6.45) is 2.68. The van der Waals surface area contributed by atoms with Crippen LogP contribution >= 0.6 is 18.7 Å². The number of hydrogen-bond donors (Lipinski definition) is 3. The number of ether oxygens (including phenoxy) is 2. The SMILES string of the molecule is C=CC(=O)Nc1cc(Nc2ncc(Cl)c(Nc3ccccc3P(C)(C)=O)n2)c(OC)cc1N1CCOCC1. The number of para-hydroxylation sites is 1. The summed E-state index contributed by atoms with van der Waals surface area (Å²) in [4.78, 5) is 23.2. The first kappa shape index (κ1) is 27.4. The highest BCUT2D eigenvalue weighted by Crippen LogP contribution is 2.40. The Morgan fingerprint density at radius 3 is 2.58 bits per heavy atom. The average Bonchev–Trinajstić information content (AvgIpc) is 2.91. The van der Waals surface area contributed by atoms with E-state index in [-0.39, 0.29) is 11.9 Å². The van der Waals surface area contributed by atoms with Gasteiger partial charge < -0.3 is 34.9 Å². The van der Waals surface area contributed by atoms with Crippen LogP contribution in [0, 0.1) is 0 Å². The molecule has 0 unspecified atom stereocenters. The van der Waals surface area contributed by atoms with Gasteiger partial charge in [0.2, 0.25) is 11.9 Å². The van der Waals surface area contributed by atoms with Gasteiger partial charge in [-0.3, -0.25) is 4.79 Å². The molecular formula is C26H30ClN6O4P. The Labute approximate surface area is 226 Å². The van der Waals surface area contributed by atoms with Gasteiger partial charge in [0.25, 0.3) is 0 Å². The molecule has 1 saturated heterocycles. The fourth-order valence-corrected chi connectivity index (χ4v) is 5.29. The van der Waals surface area contributed by atoms with E-state index in [2.05, 4.69) is 37.4 Å². The van der Waals surface area contributed by atoms with E-state index in [1.165, 1.54) is 12.3 Å². The third-order valence-corrected chi connectivity index (χ3v) is 7.67. The van der Waals surface area contributed by atoms with Gasteiger partial charge in [0.15, 0.2) is 5.82 Å². The van der Waals surface area contributed by atoms with Crippen LogP contribution < -0.4 is 30.9 Å². The molecule has 38 heavy (non-hydrogen) atoms. The summed E-state index contributed by atoms with van der Waals surface area (Å²) in [6, 6.07) is 10.9. The van der Waals surface area contributed by atoms with Crippen molar-refractivity contribution in [1.82, 2.24) is 9.97 Å². The fourth-order valence-electron chi connectivity index (χ4n) is 4.00. The number of aromatic nitrogens is 2. The van der Waals surface area contributed by atoms with Crippen molar-refractivity contribution < 1.29 is 18.8 Å². The van der Waals surface area contributed by atoms with Gasteiger partial charge in [-0.25, -0.2) is 4.98 Å². The number of rotatable bonds is 9. The first-order valence-electron chi connectivity index (χ1n) is 11.9. The van der Waals surface area contributed by atoms with Crippen LogP contribution in [0.3, 0.4) is 0 Å². The standard InChI is InChI=1S/C26H30ClN6O4P/c1-5-24(34)29-19-14-20(22(36-2)15-21(19)33-10-12-37-13-11-33)31-26-28-16-17(27)25(32-26)30-18-8-6-7-9-23(18)38(3,4)35/h5-9,14-16H,1,10-13H2,2-4H3,(H,29,34)(H2,28,30,31,32). The van der Waals surface area contributed by atoms with E-state index in [1.54, 1.807) is 26.5 Å². The number of morpholine rings is 1. The molecular weight excluding hydrogens is 527 g/mol. The van der Waals surface area contributed by atoms with Gasteiger partial charge in [0.05, 0.1) is 49.3 Å². The van der Waals surface area contributed by atoms with Crippen LogP contribution in [-0.4, -0.2) is 62.6 Å². The van der Waals surface area contributed by atoms with Gasteiger partial charge in [-0.05, 0) is 37.6 Å². The lowest BCUT2D eigenvalue weighted by atomic mass is 10.1. The maximum absolute atomic E-state index is 12.8. The molecule has 3 N–H and O–H groups in total. The van der Waals surface area contributed by atoms with E-state index in [1.807, 2.05) is 30.3 Å². The highest BCUT2D eigenvalue weighted by atomic mass is 35.5. The van der Waals surface area contributed by atoms with Crippen molar-refractivity contribution in [3.05, 3.63) is 60.3 Å². The molecule has 0 spiro atoms. The Morgan fingerprint density at radius 2 is 1.89 bits per heavy atom. The molecule has 1 aromatic heterocycles. The van der Waals surface area contributed by atoms with Crippen LogP contribution in [-0.2, 0) is 14.1 Å². The molecule has 1 aliphatic heterocycles. The Bertz CT molecular complexity index is 1390. The third kappa shape index (κ3) is 6.45. The van der Waals surface area contributed by atoms with Crippen molar-refractivity contribution in [3.8, 4) is 5.75 Å². The summed E-state index contributed by atoms with van der Waals surface area (Å²) in [5, 5.41) is 10.2. The number of benzene rings is 2. The van der Waals surface area contributed by atoms with Crippen molar-refractivity contribution in [1.29, 1.82) is 0 Å². The molecule has 1 fully saturated rings. The maximum atomic E-state index is 12.8. The Morgan fingerprint density at radius 1 is 1.16 bits per heavy atom. The van der Waals surface area contributed by atoms with Crippen LogP contribution in [0.25, 0.3) is 0 Å². The number of halogens is 1. The van der Waals surface area contributed by atoms with E-state index < -0.39 is 7.14 Å². The molecule has 12 heteroatoms. The number of amides is 1. The molecule has 2 heterocycles. The van der Waals surface area contributed by atoms with Gasteiger partial charge in [-0.2, -0.15) is 4.98 Å². The van der Waals surface area contributed by atoms with Crippen LogP contribution in [0.5, 0.6) is 5.75 Å². The number of nitrogens with zero attached hydrogens (tertiary/aromatic N) is 3. The van der Waals surface area contributed by atoms with Crippen molar-refractivity contribution in [2.75, 3.05) is 67.6 Å². The first-order valence-corrected chi connectivity index (χ1v) is 14.9. The number of carbonyl (C=O) groups excluding carboxylic acids is 1. The predicted molar refractivity (Wildman–Crippen MR) is 154 cm³/mol. The zero-order valence-corrected chi connectivity index (χ0v) is 23.1. The minimum Gasteiger partial charge on any atom is -0.494 e. The topological polar surface area (TPSA) is 118 Å². The van der Waals surface area contributed by atoms with Gasteiger partial charge in [-0.15, -0.1) is 0 Å². The van der Waals surface area contributed by atoms with Crippen LogP contribution in [0.1, 0.15) is 0 Å². The quantitative estimate of drug-likeness (QED) is 0.251. The van der Waals surface area contributed by atoms with Crippen LogP contribution in [0.4, 0.5) is 34.5 Å². The second-order valence-electron chi connectivity index (χ2n) is 8.87. The Balaban J connectivity index is 1.68. The molecule has 0 saturated carbocycles. The second kappa shape index (κ2) is 11.9. The number of anilines is 6. The lowest BCUT2D eigenvalue weighted by Crippen LogP contribution is -2.36. The van der Waals surface area contributed by atoms with E-state index in [0.29, 0.717) is 65.3 Å². The van der Waals surface area contributed by atoms with Gasteiger partial charge in [0.1, 0.15) is 17.9 Å². The van der Waals surface area contributed by atoms with Crippen molar-refractivity contribution in [2.24, 2.45) is 0 Å². The smallest absolute Gasteiger partial charge is 0.247 e. The summed E-state index contributed by atoms with van der Waals surface area (Å²) < 4.78 is 23.9. The lowest BCUT2D eigenvalue weighted by molar-refractivity contribution is -0.111. The summed E-state index contributed by atoms with van der Waals surface area (Å²) in [7, 11) is -0.995. The number of carbonyl (C=O) groups is 1. The summed E-state index contributed by atoms with van der Waals surface area (Å²) in [5.74, 6) is 0.769. The van der Waals surface area contributed by atoms with Crippen molar-refractivity contribution >= 4 is 64.5 Å². The summed E-state index contributed by atoms with van der Waals surface area (Å²) in [6.45, 7) is 9.48. The zero-order chi connectivity index (χ0) is 27.3. The molecule has 1 amide bonds. The van der Waals surface area contributed by atoms with Crippen molar-refractivity contribution in [3.63, 3.8) is 0 Å². The summed E-state index contributed by atoms with van der Waals surface area (Å²) >= 11 is 6.40. The minimum atomic E-state index is -2.56. The molecule has 0 aliphatic carbocycles. The number of methoxy groups -OCH3 is 1.